The number of methoxy groups -OCH3 is 1. The highest BCUT2D eigenvalue weighted by atomic mass is 16.5. The molecule has 0 bridgehead atoms. The third kappa shape index (κ3) is 2.50. The molecule has 14 heavy (non-hydrogen) atoms. The molecule has 0 aliphatic heterocycles. The highest BCUT2D eigenvalue weighted by molar-refractivity contribution is 5.40. The maximum Gasteiger partial charge on any atom is 0.127 e. The summed E-state index contributed by atoms with van der Waals surface area (Å²) in [7, 11) is 1.62. The molecular formula is C11H15NO2. The van der Waals surface area contributed by atoms with Gasteiger partial charge in [-0.1, -0.05) is 18.7 Å². The number of benzene rings is 1. The molecule has 0 aliphatic carbocycles. The molecular weight excluding hydrogens is 178 g/mol. The molecule has 3 heteroatoms. The first-order valence-electron chi connectivity index (χ1n) is 4.42. The Morgan fingerprint density at radius 2 is 2.29 bits per heavy atom. The van der Waals surface area contributed by atoms with Crippen molar-refractivity contribution in [2.75, 3.05) is 13.7 Å². The van der Waals surface area contributed by atoms with Crippen LogP contribution >= 0.6 is 0 Å². The summed E-state index contributed by atoms with van der Waals surface area (Å²) in [6, 6.07) is 5.59. The quantitative estimate of drug-likeness (QED) is 0.724. The van der Waals surface area contributed by atoms with Gasteiger partial charge in [-0.15, -0.1) is 0 Å². The van der Waals surface area contributed by atoms with E-state index < -0.39 is 0 Å². The van der Waals surface area contributed by atoms with E-state index >= 15 is 0 Å². The Labute approximate surface area is 84.1 Å². The maximum absolute atomic E-state index is 5.57. The maximum atomic E-state index is 5.57. The minimum absolute atomic E-state index is 0.455. The van der Waals surface area contributed by atoms with Crippen LogP contribution in [-0.4, -0.2) is 13.7 Å². The van der Waals surface area contributed by atoms with Gasteiger partial charge in [-0.3, -0.25) is 0 Å². The lowest BCUT2D eigenvalue weighted by Gasteiger charge is -2.10. The molecule has 1 aromatic rings. The first-order valence-corrected chi connectivity index (χ1v) is 4.42. The molecule has 0 saturated heterocycles. The monoisotopic (exact) mass is 193 g/mol. The van der Waals surface area contributed by atoms with Crippen molar-refractivity contribution in [3.63, 3.8) is 0 Å². The summed E-state index contributed by atoms with van der Waals surface area (Å²) in [5.41, 5.74) is 6.53. The smallest absolute Gasteiger partial charge is 0.127 e. The lowest BCUT2D eigenvalue weighted by Crippen LogP contribution is -2.02. The number of hydrogen-bond acceptors (Lipinski definition) is 3. The lowest BCUT2D eigenvalue weighted by atomic mass is 10.2. The van der Waals surface area contributed by atoms with Crippen molar-refractivity contribution in [3.05, 3.63) is 36.4 Å². The van der Waals surface area contributed by atoms with Gasteiger partial charge in [-0.25, -0.2) is 0 Å². The van der Waals surface area contributed by atoms with E-state index in [0.717, 1.165) is 17.1 Å². The first kappa shape index (κ1) is 10.6. The molecule has 1 aromatic carbocycles. The highest BCUT2D eigenvalue weighted by Crippen LogP contribution is 2.24. The van der Waals surface area contributed by atoms with Crippen LogP contribution in [0.3, 0.4) is 0 Å². The zero-order chi connectivity index (χ0) is 10.4. The number of ether oxygens (including phenoxy) is 2. The van der Waals surface area contributed by atoms with E-state index in [1.165, 1.54) is 0 Å². The van der Waals surface area contributed by atoms with Crippen molar-refractivity contribution < 1.29 is 9.47 Å². The van der Waals surface area contributed by atoms with Crippen molar-refractivity contribution >= 4 is 0 Å². The number of nitrogens with two attached hydrogens (primary N) is 1. The first-order chi connectivity index (χ1) is 6.81. The van der Waals surface area contributed by atoms with Gasteiger partial charge in [0.1, 0.15) is 18.1 Å². The Morgan fingerprint density at radius 1 is 1.50 bits per heavy atom. The molecule has 3 nitrogen and oxygen atoms in total. The molecule has 76 valence electrons. The number of hydrogen-bond donors (Lipinski definition) is 1. The van der Waals surface area contributed by atoms with Gasteiger partial charge in [0.25, 0.3) is 0 Å². The number of rotatable bonds is 5. The van der Waals surface area contributed by atoms with Gasteiger partial charge in [-0.2, -0.15) is 0 Å². The standard InChI is InChI=1S/C11H15NO2/c1-3-6-14-11-7-10(13-2)5-4-9(11)8-12/h3-5,7H,1,6,8,12H2,2H3. The van der Waals surface area contributed by atoms with E-state index in [1.54, 1.807) is 13.2 Å². The molecule has 0 unspecified atom stereocenters. The third-order valence-electron chi connectivity index (χ3n) is 1.85. The zero-order valence-corrected chi connectivity index (χ0v) is 8.32. The van der Waals surface area contributed by atoms with Crippen LogP contribution in [0.25, 0.3) is 0 Å². The van der Waals surface area contributed by atoms with E-state index in [0.29, 0.717) is 13.2 Å². The minimum Gasteiger partial charge on any atom is -0.497 e. The molecule has 0 aliphatic rings. The van der Waals surface area contributed by atoms with Crippen LogP contribution < -0.4 is 15.2 Å². The summed E-state index contributed by atoms with van der Waals surface area (Å²) >= 11 is 0. The third-order valence-corrected chi connectivity index (χ3v) is 1.85. The second-order valence-electron chi connectivity index (χ2n) is 2.78. The molecule has 0 radical (unpaired) electrons. The van der Waals surface area contributed by atoms with E-state index in [-0.39, 0.29) is 0 Å². The van der Waals surface area contributed by atoms with Crippen molar-refractivity contribution in [3.8, 4) is 11.5 Å². The van der Waals surface area contributed by atoms with Gasteiger partial charge < -0.3 is 15.2 Å². The highest BCUT2D eigenvalue weighted by Gasteiger charge is 2.03. The summed E-state index contributed by atoms with van der Waals surface area (Å²) in [4.78, 5) is 0. The Hall–Kier alpha value is -1.48. The summed E-state index contributed by atoms with van der Waals surface area (Å²) < 4.78 is 10.5. The lowest BCUT2D eigenvalue weighted by molar-refractivity contribution is 0.353. The average Bonchev–Trinajstić information content (AvgIpc) is 2.25. The van der Waals surface area contributed by atoms with Crippen LogP contribution in [-0.2, 0) is 6.54 Å². The van der Waals surface area contributed by atoms with Crippen molar-refractivity contribution in [2.45, 2.75) is 6.54 Å². The molecule has 1 rings (SSSR count). The topological polar surface area (TPSA) is 44.5 Å². The molecule has 0 amide bonds. The molecule has 2 N–H and O–H groups in total. The molecule has 0 spiro atoms. The summed E-state index contributed by atoms with van der Waals surface area (Å²) in [5.74, 6) is 1.52. The van der Waals surface area contributed by atoms with E-state index in [4.69, 9.17) is 15.2 Å². The molecule has 0 saturated carbocycles. The van der Waals surface area contributed by atoms with Crippen molar-refractivity contribution in [1.29, 1.82) is 0 Å². The predicted octanol–water partition coefficient (Wildman–Crippen LogP) is 1.72. The van der Waals surface area contributed by atoms with Crippen LogP contribution in [0.1, 0.15) is 5.56 Å². The van der Waals surface area contributed by atoms with E-state index in [9.17, 15) is 0 Å². The molecule has 0 heterocycles. The van der Waals surface area contributed by atoms with Gasteiger partial charge in [0, 0.05) is 18.2 Å². The van der Waals surface area contributed by atoms with Gasteiger partial charge in [0.15, 0.2) is 0 Å². The second-order valence-corrected chi connectivity index (χ2v) is 2.78. The summed E-state index contributed by atoms with van der Waals surface area (Å²) in [6.07, 6.45) is 1.69. The van der Waals surface area contributed by atoms with Crippen LogP contribution in [0.5, 0.6) is 11.5 Å². The Balaban J connectivity index is 2.89. The zero-order valence-electron chi connectivity index (χ0n) is 8.32. The van der Waals surface area contributed by atoms with Gasteiger partial charge in [0.05, 0.1) is 7.11 Å². The minimum atomic E-state index is 0.455. The summed E-state index contributed by atoms with van der Waals surface area (Å²) in [5, 5.41) is 0. The summed E-state index contributed by atoms with van der Waals surface area (Å²) in [6.45, 7) is 4.51. The largest absolute Gasteiger partial charge is 0.497 e. The second kappa shape index (κ2) is 5.29. The Morgan fingerprint density at radius 3 is 2.86 bits per heavy atom. The van der Waals surface area contributed by atoms with Crippen LogP contribution in [0.4, 0.5) is 0 Å². The fourth-order valence-electron chi connectivity index (χ4n) is 1.11. The molecule has 0 fully saturated rings. The van der Waals surface area contributed by atoms with E-state index in [2.05, 4.69) is 6.58 Å². The van der Waals surface area contributed by atoms with Crippen molar-refractivity contribution in [1.82, 2.24) is 0 Å². The molecule has 0 atom stereocenters. The van der Waals surface area contributed by atoms with Crippen LogP contribution in [0.2, 0.25) is 0 Å². The van der Waals surface area contributed by atoms with Gasteiger partial charge in [0.2, 0.25) is 0 Å². The van der Waals surface area contributed by atoms with Gasteiger partial charge >= 0.3 is 0 Å². The average molecular weight is 193 g/mol. The van der Waals surface area contributed by atoms with E-state index in [1.807, 2.05) is 18.2 Å². The predicted molar refractivity (Wildman–Crippen MR) is 56.6 cm³/mol. The van der Waals surface area contributed by atoms with Crippen LogP contribution in [0, 0.1) is 0 Å². The molecule has 0 aromatic heterocycles. The fourth-order valence-corrected chi connectivity index (χ4v) is 1.11. The Bertz CT molecular complexity index is 310. The SMILES string of the molecule is C=CCOc1cc(OC)ccc1CN. The van der Waals surface area contributed by atoms with Gasteiger partial charge in [-0.05, 0) is 6.07 Å². The fraction of sp³-hybridized carbons (Fsp3) is 0.273. The Kier molecular flexibility index (Phi) is 4.01. The van der Waals surface area contributed by atoms with Crippen LogP contribution in [0.15, 0.2) is 30.9 Å². The normalized spacial score (nSPS) is 9.57. The van der Waals surface area contributed by atoms with Crippen molar-refractivity contribution in [2.24, 2.45) is 5.73 Å².